The van der Waals surface area contributed by atoms with Crippen LogP contribution in [0.3, 0.4) is 0 Å². The average Bonchev–Trinajstić information content (AvgIpc) is 2.61. The Balaban J connectivity index is 2.40. The zero-order valence-electron chi connectivity index (χ0n) is 17.5. The third-order valence-corrected chi connectivity index (χ3v) is 4.37. The molecule has 0 aromatic heterocycles. The van der Waals surface area contributed by atoms with Gasteiger partial charge in [-0.05, 0) is 62.4 Å². The molecule has 1 amide bonds. The normalized spacial score (nSPS) is 13.5. The molecule has 0 heterocycles. The summed E-state index contributed by atoms with van der Waals surface area (Å²) >= 11 is 0. The van der Waals surface area contributed by atoms with E-state index in [2.05, 4.69) is 0 Å². The molecule has 0 saturated heterocycles. The lowest BCUT2D eigenvalue weighted by atomic mass is 10.0. The van der Waals surface area contributed by atoms with E-state index in [4.69, 9.17) is 10.5 Å². The number of amides is 1. The number of benzene rings is 1. The highest BCUT2D eigenvalue weighted by Crippen LogP contribution is 2.36. The first-order chi connectivity index (χ1) is 14.3. The molecule has 0 atom stereocenters. The SMILES string of the molecule is CC(=CC(N)=O)C=C(C)CCCCCCOCc1cc(C(F)(F)F)cc(C(F)(F)F)c1. The number of alkyl halides is 6. The summed E-state index contributed by atoms with van der Waals surface area (Å²) in [5, 5.41) is 0. The smallest absolute Gasteiger partial charge is 0.377 e. The Hall–Kier alpha value is -2.29. The summed E-state index contributed by atoms with van der Waals surface area (Å²) < 4.78 is 82.3. The van der Waals surface area contributed by atoms with Crippen LogP contribution in [0.15, 0.2) is 41.5 Å². The van der Waals surface area contributed by atoms with Crippen LogP contribution < -0.4 is 5.73 Å². The number of allylic oxidation sites excluding steroid dienone is 3. The third-order valence-electron chi connectivity index (χ3n) is 4.37. The lowest BCUT2D eigenvalue weighted by Crippen LogP contribution is -2.12. The van der Waals surface area contributed by atoms with Crippen LogP contribution in [0.4, 0.5) is 26.3 Å². The number of nitrogens with two attached hydrogens (primary N) is 1. The van der Waals surface area contributed by atoms with Crippen LogP contribution >= 0.6 is 0 Å². The summed E-state index contributed by atoms with van der Waals surface area (Å²) in [5.41, 5.74) is 4.12. The molecule has 31 heavy (non-hydrogen) atoms. The summed E-state index contributed by atoms with van der Waals surface area (Å²) in [6.45, 7) is 3.66. The van der Waals surface area contributed by atoms with Gasteiger partial charge in [0.1, 0.15) is 0 Å². The minimum absolute atomic E-state index is 0.102. The molecule has 0 spiro atoms. The molecule has 0 aliphatic carbocycles. The van der Waals surface area contributed by atoms with E-state index >= 15 is 0 Å². The molecule has 3 nitrogen and oxygen atoms in total. The van der Waals surface area contributed by atoms with Crippen molar-refractivity contribution in [3.8, 4) is 0 Å². The van der Waals surface area contributed by atoms with Gasteiger partial charge in [-0.2, -0.15) is 26.3 Å². The third kappa shape index (κ3) is 11.1. The quantitative estimate of drug-likeness (QED) is 0.179. The molecule has 1 aromatic rings. The molecule has 0 aliphatic heterocycles. The van der Waals surface area contributed by atoms with Crippen LogP contribution in [0, 0.1) is 0 Å². The van der Waals surface area contributed by atoms with E-state index in [9.17, 15) is 31.1 Å². The van der Waals surface area contributed by atoms with Gasteiger partial charge in [-0.15, -0.1) is 0 Å². The maximum absolute atomic E-state index is 12.8. The van der Waals surface area contributed by atoms with Gasteiger partial charge in [-0.3, -0.25) is 4.79 Å². The Morgan fingerprint density at radius 2 is 1.45 bits per heavy atom. The molecule has 1 aromatic carbocycles. The fraction of sp³-hybridized carbons (Fsp3) is 0.500. The maximum atomic E-state index is 12.8. The Morgan fingerprint density at radius 3 is 1.97 bits per heavy atom. The van der Waals surface area contributed by atoms with Crippen molar-refractivity contribution in [2.75, 3.05) is 6.61 Å². The van der Waals surface area contributed by atoms with Gasteiger partial charge >= 0.3 is 12.4 Å². The van der Waals surface area contributed by atoms with Gasteiger partial charge in [0.2, 0.25) is 5.91 Å². The Morgan fingerprint density at radius 1 is 0.903 bits per heavy atom. The highest BCUT2D eigenvalue weighted by atomic mass is 19.4. The summed E-state index contributed by atoms with van der Waals surface area (Å²) in [4.78, 5) is 10.8. The van der Waals surface area contributed by atoms with Crippen LogP contribution in [-0.2, 0) is 28.5 Å². The molecular formula is C22H27F6NO2. The van der Waals surface area contributed by atoms with Gasteiger partial charge in [0.25, 0.3) is 0 Å². The zero-order chi connectivity index (χ0) is 23.7. The first-order valence-corrected chi connectivity index (χ1v) is 9.80. The van der Waals surface area contributed by atoms with Gasteiger partial charge in [0.15, 0.2) is 0 Å². The molecule has 1 rings (SSSR count). The second-order valence-corrected chi connectivity index (χ2v) is 7.41. The molecule has 174 valence electrons. The molecule has 0 fully saturated rings. The predicted octanol–water partition coefficient (Wildman–Crippen LogP) is 6.57. The Bertz CT molecular complexity index is 762. The number of ether oxygens (including phenoxy) is 1. The van der Waals surface area contributed by atoms with Crippen LogP contribution in [0.2, 0.25) is 0 Å². The summed E-state index contributed by atoms with van der Waals surface area (Å²) in [6, 6.07) is 1.46. The van der Waals surface area contributed by atoms with Gasteiger partial charge in [0.05, 0.1) is 17.7 Å². The van der Waals surface area contributed by atoms with E-state index in [1.165, 1.54) is 6.08 Å². The summed E-state index contributed by atoms with van der Waals surface area (Å²) in [6.07, 6.45) is -2.37. The number of carbonyl (C=O) groups excluding carboxylic acids is 1. The maximum Gasteiger partial charge on any atom is 0.416 e. The summed E-state index contributed by atoms with van der Waals surface area (Å²) in [7, 11) is 0. The Kier molecular flexibility index (Phi) is 10.3. The van der Waals surface area contributed by atoms with E-state index in [1.807, 2.05) is 13.0 Å². The number of rotatable bonds is 11. The molecule has 9 heteroatoms. The number of carbonyl (C=O) groups is 1. The minimum Gasteiger partial charge on any atom is -0.377 e. The van der Waals surface area contributed by atoms with Crippen molar-refractivity contribution in [1.82, 2.24) is 0 Å². The molecular weight excluding hydrogens is 424 g/mol. The monoisotopic (exact) mass is 451 g/mol. The van der Waals surface area contributed by atoms with Gasteiger partial charge < -0.3 is 10.5 Å². The van der Waals surface area contributed by atoms with Crippen molar-refractivity contribution >= 4 is 5.91 Å². The fourth-order valence-corrected chi connectivity index (χ4v) is 2.98. The largest absolute Gasteiger partial charge is 0.416 e. The van der Waals surface area contributed by atoms with Crippen LogP contribution in [-0.4, -0.2) is 12.5 Å². The molecule has 0 aliphatic rings. The molecule has 0 unspecified atom stereocenters. The van der Waals surface area contributed by atoms with Crippen LogP contribution in [0.5, 0.6) is 0 Å². The topological polar surface area (TPSA) is 52.3 Å². The lowest BCUT2D eigenvalue weighted by molar-refractivity contribution is -0.143. The van der Waals surface area contributed by atoms with Crippen LogP contribution in [0.25, 0.3) is 0 Å². The zero-order valence-corrected chi connectivity index (χ0v) is 17.5. The van der Waals surface area contributed by atoms with Crippen molar-refractivity contribution in [3.05, 3.63) is 58.2 Å². The van der Waals surface area contributed by atoms with Crippen molar-refractivity contribution in [2.24, 2.45) is 5.73 Å². The number of hydrogen-bond acceptors (Lipinski definition) is 2. The minimum atomic E-state index is -4.86. The second-order valence-electron chi connectivity index (χ2n) is 7.41. The molecule has 0 radical (unpaired) electrons. The highest BCUT2D eigenvalue weighted by molar-refractivity contribution is 5.86. The van der Waals surface area contributed by atoms with Crippen molar-refractivity contribution in [1.29, 1.82) is 0 Å². The number of hydrogen-bond donors (Lipinski definition) is 1. The first kappa shape index (κ1) is 26.7. The standard InChI is InChI=1S/C22H27F6NO2/c1-15(9-16(2)10-20(29)30)7-5-3-4-6-8-31-14-17-11-18(21(23,24)25)13-19(12-17)22(26,27)28/h9-13H,3-8,14H2,1-2H3,(H2,29,30). The van der Waals surface area contributed by atoms with Crippen molar-refractivity contribution in [3.63, 3.8) is 0 Å². The van der Waals surface area contributed by atoms with Gasteiger partial charge in [-0.1, -0.05) is 24.5 Å². The average molecular weight is 451 g/mol. The lowest BCUT2D eigenvalue weighted by Gasteiger charge is -2.14. The van der Waals surface area contributed by atoms with E-state index in [0.717, 1.165) is 36.8 Å². The second kappa shape index (κ2) is 11.9. The number of primary amides is 1. The predicted molar refractivity (Wildman–Crippen MR) is 106 cm³/mol. The van der Waals surface area contributed by atoms with E-state index in [0.29, 0.717) is 18.6 Å². The molecule has 0 bridgehead atoms. The Labute approximate surface area is 177 Å². The summed E-state index contributed by atoms with van der Waals surface area (Å²) in [5.74, 6) is -0.499. The van der Waals surface area contributed by atoms with E-state index < -0.39 is 29.4 Å². The molecule has 0 saturated carbocycles. The van der Waals surface area contributed by atoms with Gasteiger partial charge in [0, 0.05) is 12.7 Å². The van der Waals surface area contributed by atoms with Crippen LogP contribution in [0.1, 0.15) is 62.6 Å². The number of halogens is 6. The van der Waals surface area contributed by atoms with E-state index in [-0.39, 0.29) is 24.8 Å². The van der Waals surface area contributed by atoms with Crippen molar-refractivity contribution < 1.29 is 35.9 Å². The van der Waals surface area contributed by atoms with Gasteiger partial charge in [-0.25, -0.2) is 0 Å². The van der Waals surface area contributed by atoms with Crippen molar-refractivity contribution in [2.45, 2.75) is 64.9 Å². The fourth-order valence-electron chi connectivity index (χ4n) is 2.98. The number of unbranched alkanes of at least 4 members (excludes halogenated alkanes) is 3. The van der Waals surface area contributed by atoms with E-state index in [1.54, 1.807) is 6.92 Å². The first-order valence-electron chi connectivity index (χ1n) is 9.80. The molecule has 2 N–H and O–H groups in total. The highest BCUT2D eigenvalue weighted by Gasteiger charge is 2.36.